The van der Waals surface area contributed by atoms with Crippen molar-refractivity contribution < 1.29 is 5.11 Å². The molecule has 0 radical (unpaired) electrons. The van der Waals surface area contributed by atoms with Crippen LogP contribution in [0.1, 0.15) is 45.2 Å². The van der Waals surface area contributed by atoms with Crippen LogP contribution in [0.2, 0.25) is 0 Å². The topological polar surface area (TPSA) is 38.0 Å². The highest BCUT2D eigenvalue weighted by Gasteiger charge is 2.38. The Kier molecular flexibility index (Phi) is 5.40. The summed E-state index contributed by atoms with van der Waals surface area (Å²) in [5, 5.41) is 11.3. The maximum absolute atomic E-state index is 11.3. The molecule has 0 bridgehead atoms. The van der Waals surface area contributed by atoms with Gasteiger partial charge in [0.25, 0.3) is 0 Å². The summed E-state index contributed by atoms with van der Waals surface area (Å²) in [6.45, 7) is 0. The molecule has 1 unspecified atom stereocenters. The van der Waals surface area contributed by atoms with Crippen molar-refractivity contribution in [1.29, 1.82) is 0 Å². The number of nitrogens with zero attached hydrogens (tertiary/aromatic N) is 2. The third-order valence-electron chi connectivity index (χ3n) is 6.97. The molecule has 4 aromatic carbocycles. The van der Waals surface area contributed by atoms with Crippen LogP contribution in [0, 0.1) is 0 Å². The average molecular weight is 455 g/mol. The minimum Gasteiger partial charge on any atom is -0.382 e. The van der Waals surface area contributed by atoms with Crippen molar-refractivity contribution in [2.24, 2.45) is 0 Å². The summed E-state index contributed by atoms with van der Waals surface area (Å²) in [6.07, 6.45) is 8.25. The molecule has 1 aromatic heterocycles. The molecule has 1 aliphatic carbocycles. The van der Waals surface area contributed by atoms with Gasteiger partial charge in [0.1, 0.15) is 11.6 Å². The predicted molar refractivity (Wildman–Crippen MR) is 140 cm³/mol. The molecule has 0 saturated carbocycles. The summed E-state index contributed by atoms with van der Waals surface area (Å²) >= 11 is 0. The van der Waals surface area contributed by atoms with E-state index in [1.165, 1.54) is 11.1 Å². The SMILES string of the molecule is OC(c1ccc2c(c1)C=CC2)c1cn(C(c2ccccc2)(c2ccccc2)c2ccccc2)cn1. The molecule has 170 valence electrons. The molecule has 0 amide bonds. The minimum atomic E-state index is -0.810. The zero-order chi connectivity index (χ0) is 23.7. The molecule has 1 N–H and O–H groups in total. The molecular formula is C32H26N2O. The normalized spacial score (nSPS) is 13.5. The van der Waals surface area contributed by atoms with E-state index in [9.17, 15) is 5.11 Å². The summed E-state index contributed by atoms with van der Waals surface area (Å²) in [5.74, 6) is 0. The number of benzene rings is 4. The first-order chi connectivity index (χ1) is 17.3. The van der Waals surface area contributed by atoms with Crippen LogP contribution in [0.5, 0.6) is 0 Å². The Morgan fingerprint density at radius 2 is 1.31 bits per heavy atom. The van der Waals surface area contributed by atoms with E-state index < -0.39 is 11.6 Å². The van der Waals surface area contributed by atoms with E-state index in [2.05, 4.69) is 102 Å². The first kappa shape index (κ1) is 21.3. The molecule has 0 fully saturated rings. The Hall–Kier alpha value is -4.21. The molecular weight excluding hydrogens is 428 g/mol. The van der Waals surface area contributed by atoms with Gasteiger partial charge in [0.15, 0.2) is 0 Å². The number of aliphatic hydroxyl groups excluding tert-OH is 1. The summed E-state index contributed by atoms with van der Waals surface area (Å²) < 4.78 is 2.14. The van der Waals surface area contributed by atoms with Crippen molar-refractivity contribution >= 4 is 6.08 Å². The first-order valence-electron chi connectivity index (χ1n) is 11.9. The van der Waals surface area contributed by atoms with Gasteiger partial charge in [0, 0.05) is 6.20 Å². The average Bonchev–Trinajstić information content (AvgIpc) is 3.61. The molecule has 35 heavy (non-hydrogen) atoms. The van der Waals surface area contributed by atoms with E-state index in [0.717, 1.165) is 28.7 Å². The zero-order valence-electron chi connectivity index (χ0n) is 19.3. The number of fused-ring (bicyclic) bond motifs is 1. The number of rotatable bonds is 6. The van der Waals surface area contributed by atoms with Crippen LogP contribution in [-0.4, -0.2) is 14.7 Å². The van der Waals surface area contributed by atoms with Gasteiger partial charge in [-0.2, -0.15) is 0 Å². The van der Waals surface area contributed by atoms with Gasteiger partial charge < -0.3 is 9.67 Å². The molecule has 0 spiro atoms. The maximum atomic E-state index is 11.3. The van der Waals surface area contributed by atoms with Crippen LogP contribution in [0.3, 0.4) is 0 Å². The van der Waals surface area contributed by atoms with Crippen LogP contribution in [-0.2, 0) is 12.0 Å². The number of aliphatic hydroxyl groups is 1. The summed E-state index contributed by atoms with van der Waals surface area (Å²) in [4.78, 5) is 4.72. The third-order valence-corrected chi connectivity index (χ3v) is 6.97. The molecule has 1 aliphatic rings. The highest BCUT2D eigenvalue weighted by Crippen LogP contribution is 2.41. The Balaban J connectivity index is 1.53. The largest absolute Gasteiger partial charge is 0.382 e. The van der Waals surface area contributed by atoms with Gasteiger partial charge in [-0.25, -0.2) is 4.98 Å². The van der Waals surface area contributed by atoms with Gasteiger partial charge in [-0.05, 0) is 45.9 Å². The molecule has 6 rings (SSSR count). The zero-order valence-corrected chi connectivity index (χ0v) is 19.3. The summed E-state index contributed by atoms with van der Waals surface area (Å²) in [7, 11) is 0. The summed E-state index contributed by atoms with van der Waals surface area (Å²) in [6, 6.07) is 37.7. The van der Waals surface area contributed by atoms with Crippen molar-refractivity contribution in [2.75, 3.05) is 0 Å². The quantitative estimate of drug-likeness (QED) is 0.303. The molecule has 1 atom stereocenters. The second-order valence-corrected chi connectivity index (χ2v) is 8.98. The fourth-order valence-electron chi connectivity index (χ4n) is 5.26. The number of hydrogen-bond donors (Lipinski definition) is 1. The monoisotopic (exact) mass is 454 g/mol. The van der Waals surface area contributed by atoms with Crippen LogP contribution in [0.4, 0.5) is 0 Å². The molecule has 5 aromatic rings. The van der Waals surface area contributed by atoms with Crippen LogP contribution in [0.15, 0.2) is 128 Å². The first-order valence-corrected chi connectivity index (χ1v) is 11.9. The van der Waals surface area contributed by atoms with Gasteiger partial charge in [-0.1, -0.05) is 115 Å². The van der Waals surface area contributed by atoms with Crippen molar-refractivity contribution in [1.82, 2.24) is 9.55 Å². The molecule has 0 saturated heterocycles. The standard InChI is InChI=1S/C32H26N2O/c35-31(26-20-19-24-11-10-12-25(24)21-26)30-22-34(23-33-30)32(27-13-4-1-5-14-27,28-15-6-2-7-16-28)29-17-8-3-9-18-29/h1-10,12-23,31,35H,11H2. The van der Waals surface area contributed by atoms with Crippen LogP contribution < -0.4 is 0 Å². The lowest BCUT2D eigenvalue weighted by Crippen LogP contribution is -2.37. The number of hydrogen-bond acceptors (Lipinski definition) is 2. The lowest BCUT2D eigenvalue weighted by Gasteiger charge is -2.37. The highest BCUT2D eigenvalue weighted by atomic mass is 16.3. The van der Waals surface area contributed by atoms with Gasteiger partial charge in [0.05, 0.1) is 12.0 Å². The Morgan fingerprint density at radius 1 is 0.743 bits per heavy atom. The fourth-order valence-corrected chi connectivity index (χ4v) is 5.26. The van der Waals surface area contributed by atoms with Crippen molar-refractivity contribution in [3.05, 3.63) is 167 Å². The lowest BCUT2D eigenvalue weighted by atomic mass is 9.77. The van der Waals surface area contributed by atoms with Gasteiger partial charge in [-0.3, -0.25) is 0 Å². The van der Waals surface area contributed by atoms with Crippen LogP contribution >= 0.6 is 0 Å². The third kappa shape index (κ3) is 3.61. The van der Waals surface area contributed by atoms with E-state index in [4.69, 9.17) is 4.98 Å². The second-order valence-electron chi connectivity index (χ2n) is 8.98. The predicted octanol–water partition coefficient (Wildman–Crippen LogP) is 6.37. The van der Waals surface area contributed by atoms with E-state index in [1.807, 2.05) is 36.8 Å². The minimum absolute atomic E-state index is 0.624. The Bertz CT molecular complexity index is 1370. The van der Waals surface area contributed by atoms with Gasteiger partial charge in [0.2, 0.25) is 0 Å². The van der Waals surface area contributed by atoms with Crippen molar-refractivity contribution in [2.45, 2.75) is 18.1 Å². The van der Waals surface area contributed by atoms with Gasteiger partial charge in [-0.15, -0.1) is 0 Å². The van der Waals surface area contributed by atoms with E-state index in [0.29, 0.717) is 5.69 Å². The van der Waals surface area contributed by atoms with E-state index in [1.54, 1.807) is 0 Å². The smallest absolute Gasteiger partial charge is 0.123 e. The lowest BCUT2D eigenvalue weighted by molar-refractivity contribution is 0.215. The number of allylic oxidation sites excluding steroid dienone is 1. The highest BCUT2D eigenvalue weighted by molar-refractivity contribution is 5.61. The van der Waals surface area contributed by atoms with Crippen molar-refractivity contribution in [3.63, 3.8) is 0 Å². The Morgan fingerprint density at radius 3 is 1.89 bits per heavy atom. The van der Waals surface area contributed by atoms with Crippen molar-refractivity contribution in [3.8, 4) is 0 Å². The van der Waals surface area contributed by atoms with Crippen LogP contribution in [0.25, 0.3) is 6.08 Å². The number of aromatic nitrogens is 2. The van der Waals surface area contributed by atoms with E-state index in [-0.39, 0.29) is 0 Å². The summed E-state index contributed by atoms with van der Waals surface area (Å²) in [5.41, 5.74) is 6.67. The molecule has 3 heteroatoms. The second kappa shape index (κ2) is 8.86. The number of imidazole rings is 1. The fraction of sp³-hybridized carbons (Fsp3) is 0.0938. The van der Waals surface area contributed by atoms with Gasteiger partial charge >= 0.3 is 0 Å². The molecule has 0 aliphatic heterocycles. The molecule has 3 nitrogen and oxygen atoms in total. The van der Waals surface area contributed by atoms with E-state index >= 15 is 0 Å². The molecule has 1 heterocycles. The Labute approximate surface area is 205 Å². The maximum Gasteiger partial charge on any atom is 0.123 e.